The molecule has 0 radical (unpaired) electrons. The zero-order chi connectivity index (χ0) is 14.3. The maximum atomic E-state index is 11.5. The fraction of sp³-hybridized carbons (Fsp3) is 0.385. The van der Waals surface area contributed by atoms with E-state index in [2.05, 4.69) is 14.9 Å². The first-order valence-electron chi connectivity index (χ1n) is 6.28. The molecule has 4 nitrogen and oxygen atoms in total. The topological polar surface area (TPSA) is 46.9 Å². The molecule has 1 saturated heterocycles. The van der Waals surface area contributed by atoms with Crippen LogP contribution in [0.2, 0.25) is 10.0 Å². The van der Waals surface area contributed by atoms with E-state index in [4.69, 9.17) is 34.8 Å². The SMILES string of the molecule is O=C1CC(n2c(CCCl)nc3cc(Cl)c(Cl)cc32)CN1. The van der Waals surface area contributed by atoms with Gasteiger partial charge in [0, 0.05) is 25.3 Å². The van der Waals surface area contributed by atoms with Crippen LogP contribution >= 0.6 is 34.8 Å². The standard InChI is InChI=1S/C13H12Cl3N3O/c14-2-1-12-18-10-4-8(15)9(16)5-11(10)19(12)7-3-13(20)17-6-7/h4-5,7H,1-3,6H2,(H,17,20). The fourth-order valence-electron chi connectivity index (χ4n) is 2.58. The minimum Gasteiger partial charge on any atom is -0.354 e. The molecule has 0 aliphatic carbocycles. The summed E-state index contributed by atoms with van der Waals surface area (Å²) < 4.78 is 2.05. The molecule has 2 heterocycles. The molecule has 1 atom stereocenters. The number of hydrogen-bond acceptors (Lipinski definition) is 2. The molecule has 1 aromatic carbocycles. The predicted octanol–water partition coefficient (Wildman–Crippen LogP) is 3.19. The van der Waals surface area contributed by atoms with Crippen molar-refractivity contribution >= 4 is 51.7 Å². The van der Waals surface area contributed by atoms with Crippen LogP contribution in [0, 0.1) is 0 Å². The Kier molecular flexibility index (Phi) is 3.80. The summed E-state index contributed by atoms with van der Waals surface area (Å²) in [5.74, 6) is 1.38. The van der Waals surface area contributed by atoms with E-state index < -0.39 is 0 Å². The van der Waals surface area contributed by atoms with E-state index in [0.717, 1.165) is 16.9 Å². The average molecular weight is 333 g/mol. The Bertz CT molecular complexity index is 683. The molecule has 0 spiro atoms. The number of nitrogens with one attached hydrogen (secondary N) is 1. The molecule has 2 aromatic rings. The van der Waals surface area contributed by atoms with E-state index in [1.54, 1.807) is 12.1 Å². The van der Waals surface area contributed by atoms with Crippen molar-refractivity contribution in [2.24, 2.45) is 0 Å². The number of alkyl halides is 1. The Morgan fingerprint density at radius 3 is 2.75 bits per heavy atom. The Morgan fingerprint density at radius 2 is 2.10 bits per heavy atom. The van der Waals surface area contributed by atoms with Gasteiger partial charge in [-0.25, -0.2) is 4.98 Å². The number of aromatic nitrogens is 2. The highest BCUT2D eigenvalue weighted by Gasteiger charge is 2.27. The van der Waals surface area contributed by atoms with Crippen LogP contribution in [0.25, 0.3) is 11.0 Å². The molecular weight excluding hydrogens is 321 g/mol. The van der Waals surface area contributed by atoms with Gasteiger partial charge in [-0.1, -0.05) is 23.2 Å². The molecule has 1 aliphatic rings. The second kappa shape index (κ2) is 5.43. The van der Waals surface area contributed by atoms with Crippen molar-refractivity contribution in [1.29, 1.82) is 0 Å². The first-order chi connectivity index (χ1) is 9.60. The molecule has 0 saturated carbocycles. The van der Waals surface area contributed by atoms with Gasteiger partial charge in [-0.05, 0) is 12.1 Å². The molecule has 1 unspecified atom stereocenters. The summed E-state index contributed by atoms with van der Waals surface area (Å²) in [7, 11) is 0. The molecular formula is C13H12Cl3N3O. The maximum Gasteiger partial charge on any atom is 0.222 e. The minimum atomic E-state index is 0.0444. The van der Waals surface area contributed by atoms with Gasteiger partial charge in [0.2, 0.25) is 5.91 Å². The number of hydrogen-bond donors (Lipinski definition) is 1. The quantitative estimate of drug-likeness (QED) is 0.878. The largest absolute Gasteiger partial charge is 0.354 e. The van der Waals surface area contributed by atoms with Gasteiger partial charge in [-0.3, -0.25) is 4.79 Å². The minimum absolute atomic E-state index is 0.0444. The lowest BCUT2D eigenvalue weighted by molar-refractivity contribution is -0.119. The Morgan fingerprint density at radius 1 is 1.35 bits per heavy atom. The van der Waals surface area contributed by atoms with Gasteiger partial charge in [0.15, 0.2) is 0 Å². The number of halogens is 3. The van der Waals surface area contributed by atoms with Crippen molar-refractivity contribution in [3.05, 3.63) is 28.0 Å². The van der Waals surface area contributed by atoms with Crippen molar-refractivity contribution in [2.75, 3.05) is 12.4 Å². The highest BCUT2D eigenvalue weighted by Crippen LogP contribution is 2.31. The summed E-state index contributed by atoms with van der Waals surface area (Å²) in [6.07, 6.45) is 1.08. The highest BCUT2D eigenvalue weighted by molar-refractivity contribution is 6.42. The zero-order valence-electron chi connectivity index (χ0n) is 10.5. The van der Waals surface area contributed by atoms with Crippen LogP contribution in [0.1, 0.15) is 18.3 Å². The first kappa shape index (κ1) is 14.0. The first-order valence-corrected chi connectivity index (χ1v) is 7.57. The summed E-state index contributed by atoms with van der Waals surface area (Å²) in [6, 6.07) is 3.59. The van der Waals surface area contributed by atoms with Gasteiger partial charge in [0.05, 0.1) is 27.1 Å². The molecule has 20 heavy (non-hydrogen) atoms. The van der Waals surface area contributed by atoms with E-state index in [9.17, 15) is 4.79 Å². The number of carbonyl (C=O) groups is 1. The average Bonchev–Trinajstić information content (AvgIpc) is 2.94. The third-order valence-corrected chi connectivity index (χ3v) is 4.35. The molecule has 7 heteroatoms. The van der Waals surface area contributed by atoms with Crippen LogP contribution in [0.5, 0.6) is 0 Å². The molecule has 1 amide bonds. The molecule has 106 valence electrons. The summed E-state index contributed by atoms with van der Waals surface area (Å²) in [5, 5.41) is 3.79. The van der Waals surface area contributed by atoms with Crippen LogP contribution in [0.3, 0.4) is 0 Å². The monoisotopic (exact) mass is 331 g/mol. The maximum absolute atomic E-state index is 11.5. The Balaban J connectivity index is 2.17. The number of nitrogens with zero attached hydrogens (tertiary/aromatic N) is 2. The lowest BCUT2D eigenvalue weighted by atomic mass is 10.2. The number of amides is 1. The third-order valence-electron chi connectivity index (χ3n) is 3.44. The van der Waals surface area contributed by atoms with Crippen LogP contribution in [0.4, 0.5) is 0 Å². The summed E-state index contributed by atoms with van der Waals surface area (Å²) in [4.78, 5) is 16.0. The van der Waals surface area contributed by atoms with Crippen molar-refractivity contribution in [3.8, 4) is 0 Å². The van der Waals surface area contributed by atoms with Gasteiger partial charge >= 0.3 is 0 Å². The van der Waals surface area contributed by atoms with Gasteiger partial charge in [-0.15, -0.1) is 11.6 Å². The van der Waals surface area contributed by atoms with Crippen molar-refractivity contribution in [2.45, 2.75) is 18.9 Å². The summed E-state index contributed by atoms with van der Waals surface area (Å²) in [5.41, 5.74) is 1.67. The number of rotatable bonds is 3. The molecule has 1 aromatic heterocycles. The van der Waals surface area contributed by atoms with E-state index in [1.807, 2.05) is 0 Å². The number of benzene rings is 1. The van der Waals surface area contributed by atoms with Crippen LogP contribution in [0.15, 0.2) is 12.1 Å². The summed E-state index contributed by atoms with van der Waals surface area (Å²) >= 11 is 18.0. The summed E-state index contributed by atoms with van der Waals surface area (Å²) in [6.45, 7) is 0.597. The fourth-order valence-corrected chi connectivity index (χ4v) is 3.07. The lowest BCUT2D eigenvalue weighted by Crippen LogP contribution is -2.17. The van der Waals surface area contributed by atoms with E-state index in [-0.39, 0.29) is 11.9 Å². The normalized spacial score (nSPS) is 18.8. The van der Waals surface area contributed by atoms with Gasteiger partial charge in [-0.2, -0.15) is 0 Å². The van der Waals surface area contributed by atoms with Crippen LogP contribution < -0.4 is 5.32 Å². The van der Waals surface area contributed by atoms with Crippen molar-refractivity contribution in [3.63, 3.8) is 0 Å². The van der Waals surface area contributed by atoms with Crippen LogP contribution in [-0.4, -0.2) is 27.9 Å². The van der Waals surface area contributed by atoms with Gasteiger partial charge in [0.1, 0.15) is 5.82 Å². The Labute approximate surface area is 131 Å². The van der Waals surface area contributed by atoms with Crippen molar-refractivity contribution < 1.29 is 4.79 Å². The number of carbonyl (C=O) groups excluding carboxylic acids is 1. The van der Waals surface area contributed by atoms with E-state index >= 15 is 0 Å². The molecule has 3 rings (SSSR count). The second-order valence-corrected chi connectivity index (χ2v) is 5.95. The van der Waals surface area contributed by atoms with Gasteiger partial charge < -0.3 is 9.88 Å². The number of imidazole rings is 1. The number of fused-ring (bicyclic) bond motifs is 1. The van der Waals surface area contributed by atoms with Crippen LogP contribution in [-0.2, 0) is 11.2 Å². The smallest absolute Gasteiger partial charge is 0.222 e. The molecule has 1 aliphatic heterocycles. The molecule has 1 N–H and O–H groups in total. The molecule has 1 fully saturated rings. The lowest BCUT2D eigenvalue weighted by Gasteiger charge is -2.14. The second-order valence-electron chi connectivity index (χ2n) is 4.75. The third kappa shape index (κ3) is 2.36. The van der Waals surface area contributed by atoms with E-state index in [0.29, 0.717) is 35.3 Å². The molecule has 0 bridgehead atoms. The van der Waals surface area contributed by atoms with E-state index in [1.165, 1.54) is 0 Å². The van der Waals surface area contributed by atoms with Crippen molar-refractivity contribution in [1.82, 2.24) is 14.9 Å². The number of aryl methyl sites for hydroxylation is 1. The highest BCUT2D eigenvalue weighted by atomic mass is 35.5. The predicted molar refractivity (Wildman–Crippen MR) is 80.8 cm³/mol. The van der Waals surface area contributed by atoms with Gasteiger partial charge in [0.25, 0.3) is 0 Å². The zero-order valence-corrected chi connectivity index (χ0v) is 12.8. The Hall–Kier alpha value is -0.970.